The molecule has 0 aliphatic carbocycles. The molecule has 2 rings (SSSR count). The highest BCUT2D eigenvalue weighted by molar-refractivity contribution is 5.94. The first-order valence-corrected chi connectivity index (χ1v) is 7.05. The average Bonchev–Trinajstić information content (AvgIpc) is 2.45. The van der Waals surface area contributed by atoms with Gasteiger partial charge >= 0.3 is 6.18 Å². The maximum Gasteiger partial charge on any atom is 0.419 e. The largest absolute Gasteiger partial charge is 0.419 e. The van der Waals surface area contributed by atoms with Gasteiger partial charge < -0.3 is 10.0 Å². The summed E-state index contributed by atoms with van der Waals surface area (Å²) in [6.07, 6.45) is -4.24. The second-order valence-electron chi connectivity index (χ2n) is 5.54. The van der Waals surface area contributed by atoms with Crippen LogP contribution in [0, 0.1) is 11.7 Å². The molecular weight excluding hydrogens is 302 g/mol. The Labute approximate surface area is 125 Å². The van der Waals surface area contributed by atoms with Gasteiger partial charge in [0.1, 0.15) is 5.82 Å². The molecule has 22 heavy (non-hydrogen) atoms. The molecule has 0 aromatic heterocycles. The van der Waals surface area contributed by atoms with Gasteiger partial charge in [0.15, 0.2) is 0 Å². The van der Waals surface area contributed by atoms with Gasteiger partial charge in [0.25, 0.3) is 5.91 Å². The van der Waals surface area contributed by atoms with Crippen LogP contribution in [0.1, 0.15) is 35.7 Å². The molecule has 1 fully saturated rings. The SMILES string of the molecule is CC(O)C1CCN(C(=O)c2cccc(C(F)(F)F)c2F)CC1. The van der Waals surface area contributed by atoms with Crippen molar-refractivity contribution in [2.75, 3.05) is 13.1 Å². The lowest BCUT2D eigenvalue weighted by Gasteiger charge is -2.33. The maximum absolute atomic E-state index is 14.0. The lowest BCUT2D eigenvalue weighted by molar-refractivity contribution is -0.140. The quantitative estimate of drug-likeness (QED) is 0.851. The van der Waals surface area contributed by atoms with E-state index in [1.165, 1.54) is 4.90 Å². The third-order valence-corrected chi connectivity index (χ3v) is 4.04. The van der Waals surface area contributed by atoms with E-state index >= 15 is 0 Å². The molecule has 1 aromatic carbocycles. The van der Waals surface area contributed by atoms with Crippen LogP contribution < -0.4 is 0 Å². The van der Waals surface area contributed by atoms with E-state index in [1.54, 1.807) is 6.92 Å². The van der Waals surface area contributed by atoms with Crippen LogP contribution in [0.2, 0.25) is 0 Å². The molecule has 1 saturated heterocycles. The van der Waals surface area contributed by atoms with Crippen molar-refractivity contribution in [1.82, 2.24) is 4.90 Å². The average molecular weight is 319 g/mol. The second kappa shape index (κ2) is 6.24. The summed E-state index contributed by atoms with van der Waals surface area (Å²) in [7, 11) is 0. The highest BCUT2D eigenvalue weighted by Crippen LogP contribution is 2.33. The van der Waals surface area contributed by atoms with E-state index in [4.69, 9.17) is 0 Å². The van der Waals surface area contributed by atoms with Crippen LogP contribution in [0.25, 0.3) is 0 Å². The van der Waals surface area contributed by atoms with Crippen LogP contribution in [0.5, 0.6) is 0 Å². The lowest BCUT2D eigenvalue weighted by atomic mass is 9.92. The molecule has 1 aliphatic heterocycles. The Morgan fingerprint density at radius 1 is 1.32 bits per heavy atom. The standard InChI is InChI=1S/C15H17F4NO2/c1-9(21)10-5-7-20(8-6-10)14(22)11-3-2-4-12(13(11)16)15(17,18)19/h2-4,9-10,21H,5-8H2,1H3. The molecule has 0 radical (unpaired) electrons. The third kappa shape index (κ3) is 3.40. The summed E-state index contributed by atoms with van der Waals surface area (Å²) in [4.78, 5) is 13.6. The number of benzene rings is 1. The van der Waals surface area contributed by atoms with Crippen LogP contribution in [0.3, 0.4) is 0 Å². The Kier molecular flexibility index (Phi) is 4.75. The number of piperidine rings is 1. The molecule has 1 unspecified atom stereocenters. The Balaban J connectivity index is 2.18. The summed E-state index contributed by atoms with van der Waals surface area (Å²) in [5, 5.41) is 9.50. The zero-order chi connectivity index (χ0) is 16.5. The van der Waals surface area contributed by atoms with Crippen molar-refractivity contribution in [3.05, 3.63) is 35.1 Å². The topological polar surface area (TPSA) is 40.5 Å². The van der Waals surface area contributed by atoms with Crippen LogP contribution in [0.15, 0.2) is 18.2 Å². The summed E-state index contributed by atoms with van der Waals surface area (Å²) >= 11 is 0. The fourth-order valence-corrected chi connectivity index (χ4v) is 2.67. The van der Waals surface area contributed by atoms with E-state index in [0.717, 1.165) is 12.1 Å². The van der Waals surface area contributed by atoms with E-state index in [1.807, 2.05) is 0 Å². The molecule has 122 valence electrons. The van der Waals surface area contributed by atoms with E-state index in [9.17, 15) is 27.5 Å². The number of rotatable bonds is 2. The number of nitrogens with zero attached hydrogens (tertiary/aromatic N) is 1. The molecular formula is C15H17F4NO2. The fourth-order valence-electron chi connectivity index (χ4n) is 2.67. The van der Waals surface area contributed by atoms with E-state index < -0.39 is 35.1 Å². The Hall–Kier alpha value is -1.63. The first kappa shape index (κ1) is 16.7. The highest BCUT2D eigenvalue weighted by Gasteiger charge is 2.36. The minimum atomic E-state index is -4.83. The van der Waals surface area contributed by atoms with Gasteiger partial charge in [0.05, 0.1) is 17.2 Å². The monoisotopic (exact) mass is 319 g/mol. The van der Waals surface area contributed by atoms with Gasteiger partial charge in [0, 0.05) is 13.1 Å². The maximum atomic E-state index is 14.0. The second-order valence-corrected chi connectivity index (χ2v) is 5.54. The summed E-state index contributed by atoms with van der Waals surface area (Å²) in [6, 6.07) is 2.71. The number of likely N-dealkylation sites (tertiary alicyclic amines) is 1. The smallest absolute Gasteiger partial charge is 0.393 e. The number of carbonyl (C=O) groups excluding carboxylic acids is 1. The highest BCUT2D eigenvalue weighted by atomic mass is 19.4. The molecule has 1 N–H and O–H groups in total. The number of aliphatic hydroxyl groups excluding tert-OH is 1. The molecule has 3 nitrogen and oxygen atoms in total. The summed E-state index contributed by atoms with van der Waals surface area (Å²) < 4.78 is 52.0. The van der Waals surface area contributed by atoms with Gasteiger partial charge in [-0.1, -0.05) is 6.07 Å². The Morgan fingerprint density at radius 2 is 1.91 bits per heavy atom. The molecule has 0 spiro atoms. The van der Waals surface area contributed by atoms with E-state index in [-0.39, 0.29) is 5.92 Å². The van der Waals surface area contributed by atoms with Crippen LogP contribution in [-0.4, -0.2) is 35.1 Å². The van der Waals surface area contributed by atoms with Crippen LogP contribution >= 0.6 is 0 Å². The van der Waals surface area contributed by atoms with Gasteiger partial charge in [0.2, 0.25) is 0 Å². The van der Waals surface area contributed by atoms with Crippen molar-refractivity contribution < 1.29 is 27.5 Å². The van der Waals surface area contributed by atoms with Crippen LogP contribution in [0.4, 0.5) is 17.6 Å². The molecule has 1 heterocycles. The van der Waals surface area contributed by atoms with Gasteiger partial charge in [-0.05, 0) is 37.8 Å². The normalized spacial score (nSPS) is 18.4. The molecule has 1 aliphatic rings. The zero-order valence-electron chi connectivity index (χ0n) is 12.0. The molecule has 1 amide bonds. The minimum Gasteiger partial charge on any atom is -0.393 e. The number of amides is 1. The van der Waals surface area contributed by atoms with E-state index in [0.29, 0.717) is 32.0 Å². The first-order chi connectivity index (χ1) is 10.2. The predicted octanol–water partition coefficient (Wildman–Crippen LogP) is 3.08. The summed E-state index contributed by atoms with van der Waals surface area (Å²) in [5.74, 6) is -2.22. The van der Waals surface area contributed by atoms with E-state index in [2.05, 4.69) is 0 Å². The third-order valence-electron chi connectivity index (χ3n) is 4.04. The number of aliphatic hydroxyl groups is 1. The summed E-state index contributed by atoms with van der Waals surface area (Å²) in [5.41, 5.74) is -2.00. The number of carbonyl (C=O) groups is 1. The fraction of sp³-hybridized carbons (Fsp3) is 0.533. The van der Waals surface area contributed by atoms with Gasteiger partial charge in [-0.2, -0.15) is 13.2 Å². The van der Waals surface area contributed by atoms with Gasteiger partial charge in [-0.15, -0.1) is 0 Å². The first-order valence-electron chi connectivity index (χ1n) is 7.05. The van der Waals surface area contributed by atoms with Crippen molar-refractivity contribution >= 4 is 5.91 Å². The molecule has 0 bridgehead atoms. The van der Waals surface area contributed by atoms with Gasteiger partial charge in [-0.25, -0.2) is 4.39 Å². The molecule has 0 saturated carbocycles. The number of hydrogen-bond acceptors (Lipinski definition) is 2. The van der Waals surface area contributed by atoms with Crippen molar-refractivity contribution in [1.29, 1.82) is 0 Å². The minimum absolute atomic E-state index is 0.0513. The summed E-state index contributed by atoms with van der Waals surface area (Å²) in [6.45, 7) is 2.25. The lowest BCUT2D eigenvalue weighted by Crippen LogP contribution is -2.41. The predicted molar refractivity (Wildman–Crippen MR) is 71.7 cm³/mol. The zero-order valence-corrected chi connectivity index (χ0v) is 12.0. The molecule has 1 atom stereocenters. The van der Waals surface area contributed by atoms with Gasteiger partial charge in [-0.3, -0.25) is 4.79 Å². The Morgan fingerprint density at radius 3 is 2.41 bits per heavy atom. The number of halogens is 4. The number of alkyl halides is 3. The van der Waals surface area contributed by atoms with Crippen molar-refractivity contribution in [3.63, 3.8) is 0 Å². The van der Waals surface area contributed by atoms with Crippen molar-refractivity contribution in [2.45, 2.75) is 32.0 Å². The molecule has 7 heteroatoms. The van der Waals surface area contributed by atoms with Crippen molar-refractivity contribution in [2.24, 2.45) is 5.92 Å². The van der Waals surface area contributed by atoms with Crippen molar-refractivity contribution in [3.8, 4) is 0 Å². The van der Waals surface area contributed by atoms with Crippen LogP contribution in [-0.2, 0) is 6.18 Å². The Bertz CT molecular complexity index is 549. The number of hydrogen-bond donors (Lipinski definition) is 1. The molecule has 1 aromatic rings.